The molecule has 0 fully saturated rings. The highest BCUT2D eigenvalue weighted by atomic mass is 16.6. The van der Waals surface area contributed by atoms with E-state index >= 15 is 0 Å². The van der Waals surface area contributed by atoms with E-state index in [-0.39, 0.29) is 6.42 Å². The number of methoxy groups -OCH3 is 2. The lowest BCUT2D eigenvalue weighted by atomic mass is 9.91. The lowest BCUT2D eigenvalue weighted by molar-refractivity contribution is -0.158. The molecule has 0 saturated carbocycles. The largest absolute Gasteiger partial charge is 0.496 e. The molecule has 0 spiro atoms. The van der Waals surface area contributed by atoms with Crippen LogP contribution in [-0.4, -0.2) is 44.0 Å². The molecule has 0 saturated heterocycles. The Hall–Kier alpha value is -4.19. The van der Waals surface area contributed by atoms with E-state index in [2.05, 4.69) is 23.2 Å². The standard InChI is InChI=1S/C31H31NO5/c1-31(2,3)37-27(33)18-25(30(34)36-5)32-19-22-13-8-11-21-12-9-15-24(28(21)22)29-23-14-7-6-10-20(23)16-17-26(29)35-4/h6-17,19,25H,18H2,1-5H3/t25-/m0/s1. The number of rotatable bonds is 7. The molecule has 0 amide bonds. The molecule has 190 valence electrons. The fourth-order valence-electron chi connectivity index (χ4n) is 4.43. The summed E-state index contributed by atoms with van der Waals surface area (Å²) in [5, 5.41) is 4.14. The molecule has 6 nitrogen and oxygen atoms in total. The summed E-state index contributed by atoms with van der Waals surface area (Å²) in [6.45, 7) is 5.33. The molecule has 4 aromatic rings. The maximum atomic E-state index is 12.5. The first kappa shape index (κ1) is 25.9. The Bertz CT molecular complexity index is 1480. The van der Waals surface area contributed by atoms with Crippen LogP contribution in [0, 0.1) is 0 Å². The Morgan fingerprint density at radius 1 is 0.892 bits per heavy atom. The lowest BCUT2D eigenvalue weighted by Crippen LogP contribution is -2.29. The van der Waals surface area contributed by atoms with Crippen LogP contribution in [0.25, 0.3) is 32.7 Å². The number of hydrogen-bond donors (Lipinski definition) is 0. The molecular weight excluding hydrogens is 466 g/mol. The van der Waals surface area contributed by atoms with Crippen molar-refractivity contribution in [1.82, 2.24) is 0 Å². The third-order valence-electron chi connectivity index (χ3n) is 5.96. The minimum absolute atomic E-state index is 0.213. The molecule has 0 unspecified atom stereocenters. The van der Waals surface area contributed by atoms with Crippen LogP contribution in [0.5, 0.6) is 5.75 Å². The number of nitrogens with zero attached hydrogens (tertiary/aromatic N) is 1. The highest BCUT2D eigenvalue weighted by Gasteiger charge is 2.25. The van der Waals surface area contributed by atoms with Crippen molar-refractivity contribution in [3.8, 4) is 16.9 Å². The average molecular weight is 498 g/mol. The van der Waals surface area contributed by atoms with Gasteiger partial charge in [-0.1, -0.05) is 66.7 Å². The molecule has 0 bridgehead atoms. The Morgan fingerprint density at radius 2 is 1.59 bits per heavy atom. The minimum atomic E-state index is -1.02. The molecule has 0 aliphatic heterocycles. The van der Waals surface area contributed by atoms with E-state index in [9.17, 15) is 9.59 Å². The van der Waals surface area contributed by atoms with E-state index in [0.29, 0.717) is 0 Å². The number of carbonyl (C=O) groups excluding carboxylic acids is 2. The van der Waals surface area contributed by atoms with Crippen molar-refractivity contribution < 1.29 is 23.8 Å². The van der Waals surface area contributed by atoms with E-state index in [4.69, 9.17) is 14.2 Å². The zero-order chi connectivity index (χ0) is 26.6. The maximum Gasteiger partial charge on any atom is 0.331 e. The Labute approximate surface area is 216 Å². The quantitative estimate of drug-likeness (QED) is 0.219. The van der Waals surface area contributed by atoms with Crippen LogP contribution in [-0.2, 0) is 19.1 Å². The molecule has 0 N–H and O–H groups in total. The maximum absolute atomic E-state index is 12.5. The van der Waals surface area contributed by atoms with Crippen molar-refractivity contribution in [3.63, 3.8) is 0 Å². The van der Waals surface area contributed by atoms with Gasteiger partial charge < -0.3 is 14.2 Å². The van der Waals surface area contributed by atoms with Crippen LogP contribution in [0.4, 0.5) is 0 Å². The molecular formula is C31H31NO5. The van der Waals surface area contributed by atoms with E-state index in [1.807, 2.05) is 54.6 Å². The van der Waals surface area contributed by atoms with Gasteiger partial charge in [-0.25, -0.2) is 4.79 Å². The zero-order valence-electron chi connectivity index (χ0n) is 21.8. The number of hydrogen-bond acceptors (Lipinski definition) is 6. The van der Waals surface area contributed by atoms with Gasteiger partial charge in [0.1, 0.15) is 11.4 Å². The van der Waals surface area contributed by atoms with Gasteiger partial charge in [0.15, 0.2) is 6.04 Å². The smallest absolute Gasteiger partial charge is 0.331 e. The Kier molecular flexibility index (Phi) is 7.58. The van der Waals surface area contributed by atoms with Crippen LogP contribution in [0.1, 0.15) is 32.8 Å². The van der Waals surface area contributed by atoms with Crippen LogP contribution >= 0.6 is 0 Å². The second-order valence-electron chi connectivity index (χ2n) is 9.72. The third-order valence-corrected chi connectivity index (χ3v) is 5.96. The number of esters is 2. The van der Waals surface area contributed by atoms with Gasteiger partial charge in [-0.3, -0.25) is 9.79 Å². The Morgan fingerprint density at radius 3 is 2.30 bits per heavy atom. The highest BCUT2D eigenvalue weighted by Crippen LogP contribution is 2.41. The first-order valence-electron chi connectivity index (χ1n) is 12.1. The fraction of sp³-hybridized carbons (Fsp3) is 0.258. The number of aliphatic imine (C=N–C) groups is 1. The fourth-order valence-corrected chi connectivity index (χ4v) is 4.43. The van der Waals surface area contributed by atoms with Crippen molar-refractivity contribution in [1.29, 1.82) is 0 Å². The van der Waals surface area contributed by atoms with Crippen LogP contribution in [0.15, 0.2) is 77.8 Å². The summed E-state index contributed by atoms with van der Waals surface area (Å²) in [4.78, 5) is 29.4. The topological polar surface area (TPSA) is 74.2 Å². The number of benzene rings is 4. The van der Waals surface area contributed by atoms with Crippen LogP contribution in [0.2, 0.25) is 0 Å². The number of carbonyl (C=O) groups is 2. The van der Waals surface area contributed by atoms with E-state index in [0.717, 1.165) is 44.0 Å². The first-order valence-corrected chi connectivity index (χ1v) is 12.1. The molecule has 0 heterocycles. The van der Waals surface area contributed by atoms with Gasteiger partial charge in [0.05, 0.1) is 20.6 Å². The SMILES string of the molecule is COC(=O)[C@H](CC(=O)OC(C)(C)C)N=Cc1cccc2cccc(-c3c(OC)ccc4ccccc34)c12. The van der Waals surface area contributed by atoms with Gasteiger partial charge in [-0.2, -0.15) is 0 Å². The molecule has 6 heteroatoms. The predicted molar refractivity (Wildman–Crippen MR) is 147 cm³/mol. The summed E-state index contributed by atoms with van der Waals surface area (Å²) in [6, 6.07) is 23.2. The van der Waals surface area contributed by atoms with Gasteiger partial charge in [0.2, 0.25) is 0 Å². The van der Waals surface area contributed by atoms with Gasteiger partial charge in [0, 0.05) is 17.3 Å². The monoisotopic (exact) mass is 497 g/mol. The molecule has 1 atom stereocenters. The van der Waals surface area contributed by atoms with Crippen LogP contribution < -0.4 is 4.74 Å². The zero-order valence-corrected chi connectivity index (χ0v) is 21.8. The summed E-state index contributed by atoms with van der Waals surface area (Å²) >= 11 is 0. The van der Waals surface area contributed by atoms with Gasteiger partial charge in [-0.15, -0.1) is 0 Å². The molecule has 0 radical (unpaired) electrons. The second kappa shape index (κ2) is 10.8. The van der Waals surface area contributed by atoms with Crippen molar-refractivity contribution in [2.45, 2.75) is 38.8 Å². The second-order valence-corrected chi connectivity index (χ2v) is 9.72. The minimum Gasteiger partial charge on any atom is -0.496 e. The summed E-state index contributed by atoms with van der Waals surface area (Å²) < 4.78 is 16.1. The van der Waals surface area contributed by atoms with Crippen LogP contribution in [0.3, 0.4) is 0 Å². The average Bonchev–Trinajstić information content (AvgIpc) is 2.88. The lowest BCUT2D eigenvalue weighted by Gasteiger charge is -2.20. The van der Waals surface area contributed by atoms with Gasteiger partial charge >= 0.3 is 11.9 Å². The predicted octanol–water partition coefficient (Wildman–Crippen LogP) is 6.36. The first-order chi connectivity index (χ1) is 17.7. The summed E-state index contributed by atoms with van der Waals surface area (Å²) in [6.07, 6.45) is 1.42. The van der Waals surface area contributed by atoms with E-state index < -0.39 is 23.6 Å². The van der Waals surface area contributed by atoms with E-state index in [1.165, 1.54) is 7.11 Å². The van der Waals surface area contributed by atoms with Crippen molar-refractivity contribution in [3.05, 3.63) is 78.4 Å². The molecule has 0 aromatic heterocycles. The summed E-state index contributed by atoms with van der Waals surface area (Å²) in [5.74, 6) is -0.354. The number of fused-ring (bicyclic) bond motifs is 2. The molecule has 0 aliphatic rings. The number of ether oxygens (including phenoxy) is 3. The van der Waals surface area contributed by atoms with Crippen molar-refractivity contribution in [2.24, 2.45) is 4.99 Å². The molecule has 37 heavy (non-hydrogen) atoms. The van der Waals surface area contributed by atoms with Gasteiger partial charge in [0.25, 0.3) is 0 Å². The van der Waals surface area contributed by atoms with Crippen molar-refractivity contribution >= 4 is 39.7 Å². The van der Waals surface area contributed by atoms with E-state index in [1.54, 1.807) is 34.1 Å². The Balaban J connectivity index is 1.84. The normalized spacial score (nSPS) is 12.6. The molecule has 4 rings (SSSR count). The molecule has 4 aromatic carbocycles. The van der Waals surface area contributed by atoms with Gasteiger partial charge in [-0.05, 0) is 53.9 Å². The molecule has 0 aliphatic carbocycles. The third kappa shape index (κ3) is 5.80. The summed E-state index contributed by atoms with van der Waals surface area (Å²) in [5.41, 5.74) is 2.10. The van der Waals surface area contributed by atoms with Crippen molar-refractivity contribution in [2.75, 3.05) is 14.2 Å². The highest BCUT2D eigenvalue weighted by molar-refractivity contribution is 6.13. The summed E-state index contributed by atoms with van der Waals surface area (Å²) in [7, 11) is 2.95.